The third kappa shape index (κ3) is 4.71. The Morgan fingerprint density at radius 2 is 1.88 bits per heavy atom. The predicted molar refractivity (Wildman–Crippen MR) is 53.0 cm³/mol. The van der Waals surface area contributed by atoms with Gasteiger partial charge < -0.3 is 27.0 Å². The van der Waals surface area contributed by atoms with Crippen LogP contribution in [0.2, 0.25) is 0 Å². The van der Waals surface area contributed by atoms with E-state index in [4.69, 9.17) is 21.7 Å². The second-order valence-corrected chi connectivity index (χ2v) is 3.34. The van der Waals surface area contributed by atoms with Crippen LogP contribution in [0, 0.1) is 0 Å². The fourth-order valence-corrected chi connectivity index (χ4v) is 0.958. The van der Waals surface area contributed by atoms with Crippen molar-refractivity contribution >= 4 is 17.8 Å². The fraction of sp³-hybridized carbons (Fsp3) is 0.625. The highest BCUT2D eigenvalue weighted by molar-refractivity contribution is 5.90. The van der Waals surface area contributed by atoms with Crippen LogP contribution in [0.1, 0.15) is 13.3 Å². The number of hydrogen-bond acceptors (Lipinski definition) is 5. The van der Waals surface area contributed by atoms with E-state index in [1.807, 2.05) is 5.32 Å². The summed E-state index contributed by atoms with van der Waals surface area (Å²) < 4.78 is 0. The Morgan fingerprint density at radius 1 is 1.38 bits per heavy atom. The summed E-state index contributed by atoms with van der Waals surface area (Å²) in [5.41, 5.74) is 10.1. The maximum atomic E-state index is 11.3. The molecule has 0 radical (unpaired) electrons. The highest BCUT2D eigenvalue weighted by Gasteiger charge is 2.27. The first-order chi connectivity index (χ1) is 7.25. The lowest BCUT2D eigenvalue weighted by molar-refractivity contribution is -0.145. The Kier molecular flexibility index (Phi) is 5.40. The summed E-state index contributed by atoms with van der Waals surface area (Å²) in [6, 6.07) is -2.69. The summed E-state index contributed by atoms with van der Waals surface area (Å²) in [5.74, 6) is -3.02. The van der Waals surface area contributed by atoms with Crippen LogP contribution in [0.25, 0.3) is 0 Å². The van der Waals surface area contributed by atoms with Gasteiger partial charge in [-0.1, -0.05) is 0 Å². The quantitative estimate of drug-likeness (QED) is 0.332. The Morgan fingerprint density at radius 3 is 2.19 bits per heavy atom. The minimum atomic E-state index is -1.47. The third-order valence-corrected chi connectivity index (χ3v) is 1.80. The first-order valence-corrected chi connectivity index (χ1v) is 4.50. The molecule has 0 aliphatic carbocycles. The largest absolute Gasteiger partial charge is 0.480 e. The number of carboxylic acids is 1. The smallest absolute Gasteiger partial charge is 0.328 e. The molecular formula is C8H15N3O5. The minimum absolute atomic E-state index is 0.391. The van der Waals surface area contributed by atoms with Crippen LogP contribution in [-0.4, -0.2) is 46.2 Å². The lowest BCUT2D eigenvalue weighted by atomic mass is 10.1. The van der Waals surface area contributed by atoms with Crippen LogP contribution >= 0.6 is 0 Å². The standard InChI is InChI=1S/C8H15N3O5/c1-3(12)6(8(15)16)11-7(14)4(9)2-5(10)13/h3-4,6,12H,2,9H2,1H3,(H2,10,13)(H,11,14)(H,15,16)/t3-,4-,6-/m0/s1. The second-order valence-electron chi connectivity index (χ2n) is 3.34. The van der Waals surface area contributed by atoms with Gasteiger partial charge in [0.15, 0.2) is 6.04 Å². The first kappa shape index (κ1) is 14.3. The number of nitrogens with one attached hydrogen (secondary N) is 1. The molecule has 0 aromatic heterocycles. The van der Waals surface area contributed by atoms with Crippen molar-refractivity contribution in [3.8, 4) is 0 Å². The molecular weight excluding hydrogens is 218 g/mol. The number of rotatable bonds is 6. The topological polar surface area (TPSA) is 156 Å². The molecule has 0 unspecified atom stereocenters. The molecule has 0 saturated heterocycles. The lowest BCUT2D eigenvalue weighted by Crippen LogP contribution is -2.53. The highest BCUT2D eigenvalue weighted by Crippen LogP contribution is 1.95. The van der Waals surface area contributed by atoms with Crippen LogP contribution in [-0.2, 0) is 14.4 Å². The number of aliphatic hydroxyl groups is 1. The van der Waals surface area contributed by atoms with E-state index in [9.17, 15) is 14.4 Å². The van der Waals surface area contributed by atoms with E-state index in [1.165, 1.54) is 6.92 Å². The maximum Gasteiger partial charge on any atom is 0.328 e. The summed E-state index contributed by atoms with van der Waals surface area (Å²) in [7, 11) is 0. The number of aliphatic carboxylic acids is 1. The zero-order valence-corrected chi connectivity index (χ0v) is 8.71. The van der Waals surface area contributed by atoms with Gasteiger partial charge in [0.1, 0.15) is 0 Å². The Hall–Kier alpha value is -1.67. The molecule has 0 rings (SSSR count). The fourth-order valence-electron chi connectivity index (χ4n) is 0.958. The molecule has 0 aromatic rings. The van der Waals surface area contributed by atoms with Crippen LogP contribution in [0.4, 0.5) is 0 Å². The molecule has 7 N–H and O–H groups in total. The average Bonchev–Trinajstić information content (AvgIpc) is 2.11. The van der Waals surface area contributed by atoms with Gasteiger partial charge in [-0.2, -0.15) is 0 Å². The number of carboxylic acid groups (broad SMARTS) is 1. The third-order valence-electron chi connectivity index (χ3n) is 1.80. The van der Waals surface area contributed by atoms with Gasteiger partial charge in [-0.25, -0.2) is 4.79 Å². The van der Waals surface area contributed by atoms with Gasteiger partial charge >= 0.3 is 5.97 Å². The van der Waals surface area contributed by atoms with E-state index in [2.05, 4.69) is 0 Å². The second kappa shape index (κ2) is 6.03. The number of amides is 2. The summed E-state index contributed by atoms with van der Waals surface area (Å²) >= 11 is 0. The number of primary amides is 1. The summed E-state index contributed by atoms with van der Waals surface area (Å²) in [5, 5.41) is 19.7. The number of hydrogen-bond donors (Lipinski definition) is 5. The number of nitrogens with two attached hydrogens (primary N) is 2. The molecule has 0 aromatic carbocycles. The van der Waals surface area contributed by atoms with Gasteiger partial charge in [-0.3, -0.25) is 9.59 Å². The molecule has 0 heterocycles. The van der Waals surface area contributed by atoms with E-state index in [0.29, 0.717) is 0 Å². The SMILES string of the molecule is C[C@H](O)[C@H](NC(=O)[C@@H](N)CC(N)=O)C(=O)O. The molecule has 2 amide bonds. The summed E-state index contributed by atoms with van der Waals surface area (Å²) in [6.07, 6.45) is -1.67. The van der Waals surface area contributed by atoms with Crippen molar-refractivity contribution in [3.63, 3.8) is 0 Å². The Balaban J connectivity index is 4.40. The van der Waals surface area contributed by atoms with Gasteiger partial charge in [-0.15, -0.1) is 0 Å². The zero-order valence-electron chi connectivity index (χ0n) is 8.71. The average molecular weight is 233 g/mol. The summed E-state index contributed by atoms with van der Waals surface area (Å²) in [4.78, 5) is 32.4. The molecule has 0 saturated carbocycles. The van der Waals surface area contributed by atoms with E-state index >= 15 is 0 Å². The maximum absolute atomic E-state index is 11.3. The molecule has 0 fully saturated rings. The van der Waals surface area contributed by atoms with Crippen LogP contribution in [0.3, 0.4) is 0 Å². The van der Waals surface area contributed by atoms with Gasteiger partial charge in [-0.05, 0) is 6.92 Å². The molecule has 0 aliphatic rings. The van der Waals surface area contributed by atoms with Crippen molar-refractivity contribution in [3.05, 3.63) is 0 Å². The van der Waals surface area contributed by atoms with Gasteiger partial charge in [0.25, 0.3) is 0 Å². The first-order valence-electron chi connectivity index (χ1n) is 4.50. The van der Waals surface area contributed by atoms with Gasteiger partial charge in [0, 0.05) is 0 Å². The van der Waals surface area contributed by atoms with E-state index in [1.54, 1.807) is 0 Å². The van der Waals surface area contributed by atoms with Crippen molar-refractivity contribution in [1.29, 1.82) is 0 Å². The molecule has 3 atom stereocenters. The highest BCUT2D eigenvalue weighted by atomic mass is 16.4. The number of carbonyl (C=O) groups excluding carboxylic acids is 2. The molecule has 8 heteroatoms. The van der Waals surface area contributed by atoms with E-state index in [-0.39, 0.29) is 0 Å². The number of carbonyl (C=O) groups is 3. The van der Waals surface area contributed by atoms with E-state index in [0.717, 1.165) is 0 Å². The lowest BCUT2D eigenvalue weighted by Gasteiger charge is -2.19. The van der Waals surface area contributed by atoms with Crippen LogP contribution in [0.15, 0.2) is 0 Å². The Bertz CT molecular complexity index is 291. The molecule has 8 nitrogen and oxygen atoms in total. The van der Waals surface area contributed by atoms with Crippen molar-refractivity contribution in [2.24, 2.45) is 11.5 Å². The molecule has 0 spiro atoms. The predicted octanol–water partition coefficient (Wildman–Crippen LogP) is -2.86. The molecule has 0 bridgehead atoms. The normalized spacial score (nSPS) is 15.9. The van der Waals surface area contributed by atoms with Crippen molar-refractivity contribution in [1.82, 2.24) is 5.32 Å². The van der Waals surface area contributed by atoms with Gasteiger partial charge in [0.2, 0.25) is 11.8 Å². The van der Waals surface area contributed by atoms with Crippen molar-refractivity contribution < 1.29 is 24.6 Å². The molecule has 92 valence electrons. The van der Waals surface area contributed by atoms with Crippen molar-refractivity contribution in [2.75, 3.05) is 0 Å². The van der Waals surface area contributed by atoms with Gasteiger partial charge in [0.05, 0.1) is 18.6 Å². The zero-order chi connectivity index (χ0) is 12.9. The van der Waals surface area contributed by atoms with Crippen molar-refractivity contribution in [2.45, 2.75) is 31.5 Å². The Labute approximate surface area is 91.6 Å². The van der Waals surface area contributed by atoms with E-state index < -0.39 is 42.4 Å². The minimum Gasteiger partial charge on any atom is -0.480 e. The molecule has 0 aliphatic heterocycles. The van der Waals surface area contributed by atoms with Crippen LogP contribution < -0.4 is 16.8 Å². The monoisotopic (exact) mass is 233 g/mol. The van der Waals surface area contributed by atoms with Crippen LogP contribution in [0.5, 0.6) is 0 Å². The number of aliphatic hydroxyl groups excluding tert-OH is 1. The molecule has 16 heavy (non-hydrogen) atoms. The summed E-state index contributed by atoms with van der Waals surface area (Å²) in [6.45, 7) is 1.21.